The van der Waals surface area contributed by atoms with Gasteiger partial charge in [0.1, 0.15) is 0 Å². The number of hydrogen-bond donors (Lipinski definition) is 6. The number of ether oxygens (including phenoxy) is 1. The minimum absolute atomic E-state index is 0.109. The zero-order chi connectivity index (χ0) is 14.0. The van der Waals surface area contributed by atoms with Gasteiger partial charge in [0.2, 0.25) is 6.41 Å². The SMILES string of the molecule is COc1cc(C(O)(O)C(O)(O)NC=O)ccc1O. The van der Waals surface area contributed by atoms with Gasteiger partial charge < -0.3 is 35.6 Å². The molecule has 0 bridgehead atoms. The van der Waals surface area contributed by atoms with E-state index in [4.69, 9.17) is 4.74 Å². The molecule has 6 N–H and O–H groups in total. The molecule has 1 rings (SSSR count). The monoisotopic (exact) mass is 259 g/mol. The average molecular weight is 259 g/mol. The van der Waals surface area contributed by atoms with E-state index in [0.717, 1.165) is 18.2 Å². The van der Waals surface area contributed by atoms with Gasteiger partial charge in [-0.25, -0.2) is 0 Å². The molecule has 0 atom stereocenters. The summed E-state index contributed by atoms with van der Waals surface area (Å²) in [6.45, 7) is 0. The Bertz CT molecular complexity index is 444. The summed E-state index contributed by atoms with van der Waals surface area (Å²) in [6.07, 6.45) is -0.112. The molecule has 0 radical (unpaired) electrons. The predicted molar refractivity (Wildman–Crippen MR) is 57.1 cm³/mol. The molecule has 0 aliphatic heterocycles. The zero-order valence-corrected chi connectivity index (χ0v) is 9.36. The number of nitrogens with one attached hydrogen (secondary N) is 1. The lowest BCUT2D eigenvalue weighted by molar-refractivity contribution is -0.374. The van der Waals surface area contributed by atoms with Crippen molar-refractivity contribution in [1.29, 1.82) is 0 Å². The number of phenols is 1. The fourth-order valence-electron chi connectivity index (χ4n) is 1.28. The number of carbonyl (C=O) groups excluding carboxylic acids is 1. The number of hydrogen-bond acceptors (Lipinski definition) is 7. The molecular formula is C10H13NO7. The highest BCUT2D eigenvalue weighted by Gasteiger charge is 2.49. The molecule has 0 saturated heterocycles. The maximum absolute atomic E-state index is 10.2. The topological polar surface area (TPSA) is 139 Å². The molecule has 8 heteroatoms. The Labute approximate surface area is 102 Å². The summed E-state index contributed by atoms with van der Waals surface area (Å²) in [5.41, 5.74) is -0.406. The molecule has 1 amide bonds. The number of amides is 1. The van der Waals surface area contributed by atoms with Gasteiger partial charge in [-0.3, -0.25) is 4.79 Å². The molecular weight excluding hydrogens is 246 g/mol. The summed E-state index contributed by atoms with van der Waals surface area (Å²) >= 11 is 0. The van der Waals surface area contributed by atoms with Crippen LogP contribution >= 0.6 is 0 Å². The number of benzene rings is 1. The number of aliphatic hydroxyl groups is 4. The average Bonchev–Trinajstić information content (AvgIpc) is 2.29. The van der Waals surface area contributed by atoms with Gasteiger partial charge in [-0.1, -0.05) is 0 Å². The third-order valence-electron chi connectivity index (χ3n) is 2.33. The van der Waals surface area contributed by atoms with E-state index in [0.29, 0.717) is 0 Å². The number of phenolic OH excluding ortho intramolecular Hbond substituents is 1. The molecule has 100 valence electrons. The predicted octanol–water partition coefficient (Wildman–Crippen LogP) is -2.08. The van der Waals surface area contributed by atoms with Gasteiger partial charge >= 0.3 is 5.91 Å². The minimum atomic E-state index is -3.31. The van der Waals surface area contributed by atoms with Crippen LogP contribution in [0.4, 0.5) is 0 Å². The third kappa shape index (κ3) is 2.36. The Morgan fingerprint density at radius 3 is 2.39 bits per heavy atom. The Balaban J connectivity index is 3.23. The van der Waals surface area contributed by atoms with Crippen LogP contribution in [0.1, 0.15) is 5.56 Å². The van der Waals surface area contributed by atoms with E-state index in [9.17, 15) is 30.3 Å². The minimum Gasteiger partial charge on any atom is -0.504 e. The molecule has 0 fully saturated rings. The molecule has 0 spiro atoms. The van der Waals surface area contributed by atoms with Gasteiger partial charge in [0.05, 0.1) is 7.11 Å². The molecule has 0 aliphatic carbocycles. The van der Waals surface area contributed by atoms with Crippen molar-refractivity contribution in [2.24, 2.45) is 0 Å². The summed E-state index contributed by atoms with van der Waals surface area (Å²) in [7, 11) is 1.23. The van der Waals surface area contributed by atoms with Crippen molar-refractivity contribution < 1.29 is 35.1 Å². The number of methoxy groups -OCH3 is 1. The first-order valence-electron chi connectivity index (χ1n) is 4.74. The third-order valence-corrected chi connectivity index (χ3v) is 2.33. The fourth-order valence-corrected chi connectivity index (χ4v) is 1.28. The van der Waals surface area contributed by atoms with E-state index in [1.54, 1.807) is 0 Å². The molecule has 8 nitrogen and oxygen atoms in total. The van der Waals surface area contributed by atoms with Crippen LogP contribution in [0.2, 0.25) is 0 Å². The van der Waals surface area contributed by atoms with Crippen molar-refractivity contribution >= 4 is 6.41 Å². The smallest absolute Gasteiger partial charge is 0.307 e. The fraction of sp³-hybridized carbons (Fsp3) is 0.300. The van der Waals surface area contributed by atoms with Gasteiger partial charge in [0, 0.05) is 5.56 Å². The Morgan fingerprint density at radius 2 is 1.89 bits per heavy atom. The summed E-state index contributed by atoms with van der Waals surface area (Å²) in [5, 5.41) is 48.7. The second-order valence-electron chi connectivity index (χ2n) is 3.49. The van der Waals surface area contributed by atoms with E-state index < -0.39 is 17.3 Å². The normalized spacial score (nSPS) is 12.1. The first-order valence-corrected chi connectivity index (χ1v) is 4.74. The van der Waals surface area contributed by atoms with E-state index in [1.807, 2.05) is 0 Å². The Hall–Kier alpha value is -1.87. The molecule has 0 heterocycles. The van der Waals surface area contributed by atoms with Crippen LogP contribution in [0, 0.1) is 0 Å². The Morgan fingerprint density at radius 1 is 1.28 bits per heavy atom. The van der Waals surface area contributed by atoms with Crippen molar-refractivity contribution in [2.45, 2.75) is 11.7 Å². The Kier molecular flexibility index (Phi) is 3.77. The van der Waals surface area contributed by atoms with Crippen molar-refractivity contribution in [3.05, 3.63) is 23.8 Å². The molecule has 0 saturated carbocycles. The zero-order valence-electron chi connectivity index (χ0n) is 9.36. The van der Waals surface area contributed by atoms with Gasteiger partial charge in [0.15, 0.2) is 11.5 Å². The van der Waals surface area contributed by atoms with Crippen LogP contribution in [0.15, 0.2) is 18.2 Å². The van der Waals surface area contributed by atoms with E-state index >= 15 is 0 Å². The summed E-state index contributed by atoms with van der Waals surface area (Å²) in [6, 6.07) is 3.06. The van der Waals surface area contributed by atoms with Crippen molar-refractivity contribution in [1.82, 2.24) is 5.32 Å². The van der Waals surface area contributed by atoms with E-state index in [1.165, 1.54) is 12.4 Å². The standard InChI is InChI=1S/C10H13NO7/c1-18-8-4-6(2-3-7(8)13)9(14,15)10(16,17)11-5-12/h2-5,13-17H,1H3,(H,11,12). The van der Waals surface area contributed by atoms with Gasteiger partial charge in [-0.2, -0.15) is 0 Å². The summed E-state index contributed by atoms with van der Waals surface area (Å²) in [5.74, 6) is -6.89. The van der Waals surface area contributed by atoms with Crippen LogP contribution in [-0.4, -0.2) is 45.0 Å². The summed E-state index contributed by atoms with van der Waals surface area (Å²) in [4.78, 5) is 10.2. The highest BCUT2D eigenvalue weighted by atomic mass is 16.6. The molecule has 18 heavy (non-hydrogen) atoms. The lowest BCUT2D eigenvalue weighted by atomic mass is 10.0. The second-order valence-corrected chi connectivity index (χ2v) is 3.49. The van der Waals surface area contributed by atoms with Crippen LogP contribution in [0.5, 0.6) is 11.5 Å². The van der Waals surface area contributed by atoms with Gasteiger partial charge in [-0.15, -0.1) is 0 Å². The van der Waals surface area contributed by atoms with Gasteiger partial charge in [0.25, 0.3) is 5.79 Å². The maximum Gasteiger partial charge on any atom is 0.307 e. The first-order chi connectivity index (χ1) is 8.26. The van der Waals surface area contributed by atoms with E-state index in [-0.39, 0.29) is 17.9 Å². The van der Waals surface area contributed by atoms with Gasteiger partial charge in [-0.05, 0) is 18.2 Å². The van der Waals surface area contributed by atoms with Crippen LogP contribution in [0.3, 0.4) is 0 Å². The number of carbonyl (C=O) groups is 1. The molecule has 0 aromatic heterocycles. The van der Waals surface area contributed by atoms with Crippen molar-refractivity contribution in [3.63, 3.8) is 0 Å². The molecule has 1 aromatic carbocycles. The highest BCUT2D eigenvalue weighted by Crippen LogP contribution is 2.33. The molecule has 0 aliphatic rings. The highest BCUT2D eigenvalue weighted by molar-refractivity contribution is 5.48. The van der Waals surface area contributed by atoms with Crippen LogP contribution < -0.4 is 10.1 Å². The lowest BCUT2D eigenvalue weighted by Crippen LogP contribution is -2.61. The molecule has 1 aromatic rings. The van der Waals surface area contributed by atoms with E-state index in [2.05, 4.69) is 0 Å². The maximum atomic E-state index is 10.2. The lowest BCUT2D eigenvalue weighted by Gasteiger charge is -2.34. The largest absolute Gasteiger partial charge is 0.504 e. The van der Waals surface area contributed by atoms with Crippen LogP contribution in [-0.2, 0) is 10.6 Å². The summed E-state index contributed by atoms with van der Waals surface area (Å²) < 4.78 is 4.73. The molecule has 0 unspecified atom stereocenters. The first kappa shape index (κ1) is 14.2. The van der Waals surface area contributed by atoms with Crippen molar-refractivity contribution in [3.8, 4) is 11.5 Å². The quantitative estimate of drug-likeness (QED) is 0.263. The van der Waals surface area contributed by atoms with Crippen molar-refractivity contribution in [2.75, 3.05) is 7.11 Å². The number of aromatic hydroxyl groups is 1. The van der Waals surface area contributed by atoms with Crippen LogP contribution in [0.25, 0.3) is 0 Å². The second kappa shape index (κ2) is 4.78. The number of rotatable bonds is 5.